The molecule has 1 aliphatic heterocycles. The molecule has 2 aromatic carbocycles. The minimum atomic E-state index is -3.95. The number of morpholine rings is 1. The molecular weight excluding hydrogens is 606 g/mol. The minimum Gasteiger partial charge on any atom is -0.483 e. The number of halogens is 1. The number of aliphatic hydroxyl groups excluding tert-OH is 1. The van der Waals surface area contributed by atoms with E-state index in [-0.39, 0.29) is 28.4 Å². The molecule has 12 nitrogen and oxygen atoms in total. The van der Waals surface area contributed by atoms with Crippen molar-refractivity contribution in [1.29, 1.82) is 0 Å². The van der Waals surface area contributed by atoms with Gasteiger partial charge in [0.1, 0.15) is 10.3 Å². The quantitative estimate of drug-likeness (QED) is 0.173. The summed E-state index contributed by atoms with van der Waals surface area (Å²) in [6.45, 7) is 3.64. The number of ether oxygens (including phenoxy) is 1. The lowest BCUT2D eigenvalue weighted by molar-refractivity contribution is -0.126. The molecule has 0 spiro atoms. The van der Waals surface area contributed by atoms with Gasteiger partial charge in [0.2, 0.25) is 5.91 Å². The summed E-state index contributed by atoms with van der Waals surface area (Å²) in [6.07, 6.45) is -0.846. The highest BCUT2D eigenvalue weighted by Gasteiger charge is 2.24. The molecule has 2 aromatic heterocycles. The maximum Gasteiger partial charge on any atom is 0.290 e. The first-order valence-corrected chi connectivity index (χ1v) is 15.5. The van der Waals surface area contributed by atoms with E-state index < -0.39 is 16.1 Å². The molecule has 1 unspecified atom stereocenters. The molecule has 224 valence electrons. The molecule has 4 aromatic rings. The molecule has 0 aliphatic carbocycles. The molecule has 3 heterocycles. The van der Waals surface area contributed by atoms with Gasteiger partial charge in [-0.25, -0.2) is 8.42 Å². The normalized spacial score (nSPS) is 15.8. The molecule has 1 saturated heterocycles. The molecule has 1 aliphatic rings. The fourth-order valence-corrected chi connectivity index (χ4v) is 6.96. The lowest BCUT2D eigenvalue weighted by atomic mass is 10.1. The Kier molecular flexibility index (Phi) is 10.5. The Labute approximate surface area is 251 Å². The number of thiophene rings is 1. The zero-order chi connectivity index (χ0) is 30.3. The highest BCUT2D eigenvalue weighted by Crippen LogP contribution is 2.34. The Morgan fingerprint density at radius 2 is 2.00 bits per heavy atom. The van der Waals surface area contributed by atoms with Crippen LogP contribution >= 0.6 is 22.9 Å². The van der Waals surface area contributed by atoms with Crippen molar-refractivity contribution in [3.8, 4) is 0 Å². The monoisotopic (exact) mass is 635 g/mol. The lowest BCUT2D eigenvalue weighted by Gasteiger charge is -2.22. The van der Waals surface area contributed by atoms with Gasteiger partial charge < -0.3 is 25.6 Å². The molecule has 42 heavy (non-hydrogen) atoms. The number of carboxylic acid groups (broad SMARTS) is 1. The Bertz CT molecular complexity index is 1650. The van der Waals surface area contributed by atoms with E-state index in [0.717, 1.165) is 22.5 Å². The smallest absolute Gasteiger partial charge is 0.290 e. The predicted octanol–water partition coefficient (Wildman–Crippen LogP) is 2.96. The number of carbonyl (C=O) groups is 2. The Balaban J connectivity index is 0.00000129. The molecule has 5 N–H and O–H groups in total. The van der Waals surface area contributed by atoms with Gasteiger partial charge in [-0.1, -0.05) is 48.0 Å². The van der Waals surface area contributed by atoms with Crippen LogP contribution in [-0.2, 0) is 37.4 Å². The average molecular weight is 636 g/mol. The summed E-state index contributed by atoms with van der Waals surface area (Å²) in [7, 11) is -3.95. The van der Waals surface area contributed by atoms with E-state index in [4.69, 9.17) is 26.2 Å². The van der Waals surface area contributed by atoms with E-state index in [0.29, 0.717) is 53.7 Å². The van der Waals surface area contributed by atoms with E-state index >= 15 is 0 Å². The van der Waals surface area contributed by atoms with Gasteiger partial charge in [-0.2, -0.15) is 5.10 Å². The molecule has 1 fully saturated rings. The summed E-state index contributed by atoms with van der Waals surface area (Å²) in [6, 6.07) is 15.7. The second-order valence-corrected chi connectivity index (χ2v) is 12.9. The fourth-order valence-electron chi connectivity index (χ4n) is 4.47. The van der Waals surface area contributed by atoms with Crippen LogP contribution in [0.2, 0.25) is 4.34 Å². The zero-order valence-electron chi connectivity index (χ0n) is 22.5. The summed E-state index contributed by atoms with van der Waals surface area (Å²) in [5, 5.41) is 28.5. The number of benzene rings is 2. The Morgan fingerprint density at radius 1 is 1.26 bits per heavy atom. The maximum absolute atomic E-state index is 13.1. The highest BCUT2D eigenvalue weighted by molar-refractivity contribution is 7.94. The second kappa shape index (κ2) is 14.1. The summed E-state index contributed by atoms with van der Waals surface area (Å²) in [5.41, 5.74) is 3.04. The number of anilines is 1. The Hall–Kier alpha value is -3.53. The summed E-state index contributed by atoms with van der Waals surface area (Å²) < 4.78 is 36.2. The third-order valence-corrected chi connectivity index (χ3v) is 9.40. The lowest BCUT2D eigenvalue weighted by Crippen LogP contribution is -2.51. The summed E-state index contributed by atoms with van der Waals surface area (Å²) >= 11 is 6.91. The van der Waals surface area contributed by atoms with E-state index in [2.05, 4.69) is 20.5 Å². The number of nitrogens with one attached hydrogen (secondary N) is 3. The zero-order valence-corrected chi connectivity index (χ0v) is 24.9. The Morgan fingerprint density at radius 3 is 2.67 bits per heavy atom. The number of sulfonamides is 1. The van der Waals surface area contributed by atoms with Crippen molar-refractivity contribution >= 4 is 62.1 Å². The van der Waals surface area contributed by atoms with Crippen LogP contribution in [0.3, 0.4) is 0 Å². The number of aliphatic hydroxyl groups is 1. The number of hydrogen-bond donors (Lipinski definition) is 5. The van der Waals surface area contributed by atoms with Crippen LogP contribution in [0.5, 0.6) is 0 Å². The van der Waals surface area contributed by atoms with E-state index in [9.17, 15) is 18.3 Å². The number of hydrogen-bond acceptors (Lipinski definition) is 9. The molecule has 1 amide bonds. The van der Waals surface area contributed by atoms with E-state index in [1.807, 2.05) is 30.3 Å². The standard InChI is InChI=1S/C26H28ClN5O5S2.CH2O2/c1-16(33)19-6-3-7-21-24(19)25(31-39(35,36)23-9-8-22(27)38-23)30-32(21)14-18-5-2-4-17(12-18)13-29-26(34)20-15-37-11-10-28-20;2-1-3/h2-9,12,16,20,28,33H,10-11,13-15H2,1H3,(H,29,34)(H,30,31);1H,(H,2,3)/t16?,20-;/m1./s1. The third kappa shape index (κ3) is 7.65. The van der Waals surface area contributed by atoms with Crippen molar-refractivity contribution in [3.05, 3.63) is 75.6 Å². The fraction of sp³-hybridized carbons (Fsp3) is 0.296. The van der Waals surface area contributed by atoms with Crippen molar-refractivity contribution < 1.29 is 33.0 Å². The third-order valence-electron chi connectivity index (χ3n) is 6.33. The number of amides is 1. The number of aromatic nitrogens is 2. The van der Waals surface area contributed by atoms with Gasteiger partial charge in [-0.15, -0.1) is 11.3 Å². The van der Waals surface area contributed by atoms with E-state index in [1.165, 1.54) is 12.1 Å². The van der Waals surface area contributed by atoms with Crippen LogP contribution < -0.4 is 15.4 Å². The van der Waals surface area contributed by atoms with Gasteiger partial charge in [0.25, 0.3) is 16.5 Å². The molecule has 2 atom stereocenters. The number of fused-ring (bicyclic) bond motifs is 1. The topological polar surface area (TPSA) is 172 Å². The van der Waals surface area contributed by atoms with Crippen molar-refractivity contribution in [2.24, 2.45) is 0 Å². The maximum atomic E-state index is 13.1. The molecule has 0 bridgehead atoms. The SMILES string of the molecule is CC(O)c1cccc2c1c(NS(=O)(=O)c1ccc(Cl)s1)nn2Cc1cccc(CNC(=O)[C@H]2COCCN2)c1.O=CO. The first kappa shape index (κ1) is 31.4. The molecule has 0 saturated carbocycles. The number of nitrogens with zero attached hydrogens (tertiary/aromatic N) is 2. The first-order valence-electron chi connectivity index (χ1n) is 12.8. The van der Waals surface area contributed by atoms with Crippen molar-refractivity contribution in [3.63, 3.8) is 0 Å². The van der Waals surface area contributed by atoms with Crippen molar-refractivity contribution in [2.45, 2.75) is 36.4 Å². The second-order valence-electron chi connectivity index (χ2n) is 9.31. The van der Waals surface area contributed by atoms with Crippen molar-refractivity contribution in [1.82, 2.24) is 20.4 Å². The van der Waals surface area contributed by atoms with Gasteiger partial charge in [-0.05, 0) is 41.8 Å². The van der Waals surface area contributed by atoms with Crippen molar-refractivity contribution in [2.75, 3.05) is 24.5 Å². The van der Waals surface area contributed by atoms with Crippen LogP contribution in [0, 0.1) is 0 Å². The molecule has 15 heteroatoms. The number of rotatable bonds is 9. The number of carbonyl (C=O) groups excluding carboxylic acids is 1. The highest BCUT2D eigenvalue weighted by atomic mass is 35.5. The van der Waals surface area contributed by atoms with Gasteiger partial charge in [0, 0.05) is 13.1 Å². The summed E-state index contributed by atoms with van der Waals surface area (Å²) in [4.78, 5) is 20.8. The first-order chi connectivity index (χ1) is 20.1. The molecule has 0 radical (unpaired) electrons. The van der Waals surface area contributed by atoms with Gasteiger partial charge in [-0.3, -0.25) is 19.0 Å². The predicted molar refractivity (Wildman–Crippen MR) is 159 cm³/mol. The van der Waals surface area contributed by atoms with E-state index in [1.54, 1.807) is 23.7 Å². The summed E-state index contributed by atoms with van der Waals surface area (Å²) in [5.74, 6) is 0.00409. The van der Waals surface area contributed by atoms with Crippen LogP contribution in [0.25, 0.3) is 10.9 Å². The molecular formula is C27H30ClN5O7S2. The van der Waals surface area contributed by atoms with Crippen LogP contribution in [0.1, 0.15) is 29.7 Å². The van der Waals surface area contributed by atoms with Crippen LogP contribution in [0.15, 0.2) is 58.8 Å². The van der Waals surface area contributed by atoms with Crippen LogP contribution in [-0.4, -0.2) is 66.6 Å². The van der Waals surface area contributed by atoms with Crippen LogP contribution in [0.4, 0.5) is 5.82 Å². The average Bonchev–Trinajstić information content (AvgIpc) is 3.56. The van der Waals surface area contributed by atoms with Gasteiger partial charge >= 0.3 is 0 Å². The minimum absolute atomic E-state index is 0.0643. The van der Waals surface area contributed by atoms with Gasteiger partial charge in [0.15, 0.2) is 5.82 Å². The van der Waals surface area contributed by atoms with Gasteiger partial charge in [0.05, 0.1) is 41.1 Å². The molecule has 5 rings (SSSR count). The largest absolute Gasteiger partial charge is 0.483 e.